The van der Waals surface area contributed by atoms with E-state index >= 15 is 0 Å². The molecule has 6 unspecified atom stereocenters. The topological polar surface area (TPSA) is 263 Å². The quantitative estimate of drug-likeness (QED) is 0.0587. The van der Waals surface area contributed by atoms with Gasteiger partial charge in [0.25, 0.3) is 0 Å². The molecule has 19 nitrogen and oxygen atoms in total. The zero-order chi connectivity index (χ0) is 42.9. The number of carbonyl (C=O) groups is 9. The first-order valence-corrected chi connectivity index (χ1v) is 22.4. The van der Waals surface area contributed by atoms with Crippen LogP contribution in [0.4, 0.5) is 0 Å². The van der Waals surface area contributed by atoms with Crippen molar-refractivity contribution < 1.29 is 58.5 Å². The van der Waals surface area contributed by atoms with Gasteiger partial charge in [0.2, 0.25) is 35.4 Å². The molecule has 0 saturated carbocycles. The van der Waals surface area contributed by atoms with Crippen LogP contribution >= 0.6 is 35.3 Å². The van der Waals surface area contributed by atoms with Crippen LogP contribution in [0.5, 0.6) is 0 Å². The summed E-state index contributed by atoms with van der Waals surface area (Å²) in [5.74, 6) is -1.70. The minimum Gasteiger partial charge on any atom is -0.393 e. The van der Waals surface area contributed by atoms with Crippen molar-refractivity contribution in [1.29, 1.82) is 0 Å². The fourth-order valence-electron chi connectivity index (χ4n) is 6.75. The zero-order valence-corrected chi connectivity index (χ0v) is 35.7. The maximum atomic E-state index is 12.9. The number of amides is 6. The molecule has 0 aliphatic carbocycles. The van der Waals surface area contributed by atoms with Crippen LogP contribution in [-0.4, -0.2) is 198 Å². The van der Waals surface area contributed by atoms with Gasteiger partial charge in [-0.3, -0.25) is 43.2 Å². The maximum absolute atomic E-state index is 12.9. The summed E-state index contributed by atoms with van der Waals surface area (Å²) in [4.78, 5) is 119. The molecule has 6 amide bonds. The highest BCUT2D eigenvalue weighted by molar-refractivity contribution is 8.00. The Kier molecular flexibility index (Phi) is 20.9. The Labute approximate surface area is 350 Å². The van der Waals surface area contributed by atoms with Gasteiger partial charge in [-0.1, -0.05) is 0 Å². The Balaban J connectivity index is 1.50. The summed E-state index contributed by atoms with van der Waals surface area (Å²) < 4.78 is 0. The van der Waals surface area contributed by atoms with Crippen LogP contribution in [0.25, 0.3) is 0 Å². The lowest BCUT2D eigenvalue weighted by atomic mass is 10.2. The van der Waals surface area contributed by atoms with Crippen LogP contribution in [0.1, 0.15) is 59.3 Å². The molecule has 0 bridgehead atoms. The van der Waals surface area contributed by atoms with Gasteiger partial charge >= 0.3 is 0 Å². The number of carbonyl (C=O) groups excluding carboxylic acids is 9. The molecule has 3 fully saturated rings. The Hall–Kier alpha value is -3.28. The molecule has 3 heterocycles. The number of rotatable bonds is 24. The second kappa shape index (κ2) is 24.7. The summed E-state index contributed by atoms with van der Waals surface area (Å²) in [6, 6.07) is -1.92. The van der Waals surface area contributed by atoms with E-state index in [-0.39, 0.29) is 133 Å². The molecule has 3 rings (SSSR count). The molecule has 0 spiro atoms. The summed E-state index contributed by atoms with van der Waals surface area (Å²) in [5.41, 5.74) is 0. The van der Waals surface area contributed by atoms with Crippen LogP contribution < -0.4 is 16.0 Å². The van der Waals surface area contributed by atoms with Gasteiger partial charge < -0.3 is 50.9 Å². The Morgan fingerprint density at radius 3 is 0.966 bits per heavy atom. The van der Waals surface area contributed by atoms with Crippen LogP contribution in [0.15, 0.2) is 0 Å². The average molecular weight is 876 g/mol. The maximum Gasteiger partial charge on any atom is 0.225 e. The number of nitrogens with zero attached hydrogens (tertiary/aromatic N) is 4. The van der Waals surface area contributed by atoms with Crippen molar-refractivity contribution in [3.63, 3.8) is 0 Å². The predicted octanol–water partition coefficient (Wildman–Crippen LogP) is -2.47. The molecule has 6 N–H and O–H groups in total. The van der Waals surface area contributed by atoms with Gasteiger partial charge in [-0.15, -0.1) is 35.3 Å². The average Bonchev–Trinajstić information content (AvgIpc) is 3.94. The second-order valence-corrected chi connectivity index (χ2v) is 17.7. The lowest BCUT2D eigenvalue weighted by Crippen LogP contribution is -2.47. The number of hydrogen-bond acceptors (Lipinski definition) is 16. The van der Waals surface area contributed by atoms with Crippen LogP contribution in [0, 0.1) is 0 Å². The molecule has 0 aromatic carbocycles. The summed E-state index contributed by atoms with van der Waals surface area (Å²) in [6.45, 7) is 3.66. The van der Waals surface area contributed by atoms with E-state index in [4.69, 9.17) is 0 Å². The Bertz CT molecular complexity index is 1340. The van der Waals surface area contributed by atoms with Gasteiger partial charge in [0.05, 0.1) is 19.8 Å². The summed E-state index contributed by atoms with van der Waals surface area (Å²) in [5, 5.41) is 35.4. The largest absolute Gasteiger partial charge is 0.393 e. The molecule has 3 aliphatic heterocycles. The van der Waals surface area contributed by atoms with Crippen molar-refractivity contribution in [3.8, 4) is 0 Å². The van der Waals surface area contributed by atoms with E-state index in [1.807, 2.05) is 0 Å². The number of hydrogen-bond donors (Lipinski definition) is 6. The minimum atomic E-state index is -0.641. The standard InChI is InChI=1S/C36H57N7O12S3/c1-22(47)25-19-56-34(16-44)41(25)31(53)4-10-37-28(50)7-13-40(14-8-29(51)38-11-5-32(54)42-26(23(2)48)20-57-35(42)17-45)15-9-30(52)39-12-6-33(55)43-27(24(3)49)21-58-36(43)18-46/h25-27,34-36,44-46H,4-21H2,1-3H3,(H,37,50)(H,38,51)(H,39,52). The fraction of sp³-hybridized carbons (Fsp3) is 0.750. The monoisotopic (exact) mass is 875 g/mol. The zero-order valence-electron chi connectivity index (χ0n) is 33.2. The lowest BCUT2D eigenvalue weighted by Gasteiger charge is -2.27. The van der Waals surface area contributed by atoms with E-state index in [1.165, 1.54) is 70.8 Å². The first kappa shape index (κ1) is 49.1. The molecule has 3 saturated heterocycles. The Morgan fingerprint density at radius 1 is 0.483 bits per heavy atom. The first-order chi connectivity index (χ1) is 27.6. The highest BCUT2D eigenvalue weighted by atomic mass is 32.2. The molecule has 6 atom stereocenters. The van der Waals surface area contributed by atoms with Crippen molar-refractivity contribution in [2.24, 2.45) is 0 Å². The van der Waals surface area contributed by atoms with Gasteiger partial charge in [0.1, 0.15) is 34.2 Å². The second-order valence-electron chi connectivity index (χ2n) is 14.1. The van der Waals surface area contributed by atoms with Crippen molar-refractivity contribution in [3.05, 3.63) is 0 Å². The van der Waals surface area contributed by atoms with E-state index < -0.39 is 52.0 Å². The normalized spacial score (nSPS) is 22.9. The first-order valence-electron chi connectivity index (χ1n) is 19.3. The smallest absolute Gasteiger partial charge is 0.225 e. The molecule has 0 radical (unpaired) electrons. The fourth-order valence-corrected chi connectivity index (χ4v) is 10.7. The number of Topliss-reactive ketones (excluding diaryl/α,β-unsaturated/α-hetero) is 3. The van der Waals surface area contributed by atoms with Gasteiger partial charge in [0.15, 0.2) is 17.3 Å². The molecule has 58 heavy (non-hydrogen) atoms. The lowest BCUT2D eigenvalue weighted by molar-refractivity contribution is -0.139. The molecule has 0 aromatic heterocycles. The summed E-state index contributed by atoms with van der Waals surface area (Å²) >= 11 is 3.94. The van der Waals surface area contributed by atoms with E-state index in [1.54, 1.807) is 4.90 Å². The highest BCUT2D eigenvalue weighted by Gasteiger charge is 2.41. The van der Waals surface area contributed by atoms with Crippen molar-refractivity contribution in [2.75, 3.05) is 76.3 Å². The SMILES string of the molecule is CC(=O)C1CSC(CO)N1C(=O)CCNC(=O)CCN(CCC(=O)NCCC(=O)N1C(CO)SCC1C(C)=O)CCC(=O)NCCC(=O)N1C(CO)SCC1C(C)=O. The molecule has 22 heteroatoms. The summed E-state index contributed by atoms with van der Waals surface area (Å²) in [7, 11) is 0. The van der Waals surface area contributed by atoms with E-state index in [0.29, 0.717) is 17.3 Å². The highest BCUT2D eigenvalue weighted by Crippen LogP contribution is 2.31. The Morgan fingerprint density at radius 2 is 0.741 bits per heavy atom. The van der Waals surface area contributed by atoms with Crippen LogP contribution in [0.3, 0.4) is 0 Å². The van der Waals surface area contributed by atoms with Gasteiger partial charge in [-0.25, -0.2) is 0 Å². The van der Waals surface area contributed by atoms with E-state index in [9.17, 15) is 58.5 Å². The molecular formula is C36H57N7O12S3. The number of aliphatic hydroxyl groups is 3. The van der Waals surface area contributed by atoms with Gasteiger partial charge in [-0.2, -0.15) is 0 Å². The minimum absolute atomic E-state index is 0.00544. The third kappa shape index (κ3) is 14.5. The van der Waals surface area contributed by atoms with Gasteiger partial charge in [-0.05, 0) is 20.8 Å². The molecule has 0 aromatic rings. The molecule has 3 aliphatic rings. The third-order valence-corrected chi connectivity index (χ3v) is 13.8. The van der Waals surface area contributed by atoms with Crippen molar-refractivity contribution in [2.45, 2.75) is 93.5 Å². The van der Waals surface area contributed by atoms with E-state index in [0.717, 1.165) is 0 Å². The molecular weight excluding hydrogens is 819 g/mol. The van der Waals surface area contributed by atoms with Crippen LogP contribution in [0.2, 0.25) is 0 Å². The molecule has 326 valence electrons. The summed E-state index contributed by atoms with van der Waals surface area (Å²) in [6.07, 6.45) is -0.361. The van der Waals surface area contributed by atoms with E-state index in [2.05, 4.69) is 16.0 Å². The van der Waals surface area contributed by atoms with Crippen LogP contribution in [-0.2, 0) is 43.2 Å². The number of ketones is 3. The van der Waals surface area contributed by atoms with Crippen molar-refractivity contribution in [1.82, 2.24) is 35.6 Å². The number of nitrogens with one attached hydrogen (secondary N) is 3. The third-order valence-electron chi connectivity index (χ3n) is 9.97. The number of aliphatic hydroxyl groups excluding tert-OH is 3. The van der Waals surface area contributed by atoms with Crippen molar-refractivity contribution >= 4 is 88.1 Å². The predicted molar refractivity (Wildman–Crippen MR) is 217 cm³/mol. The number of thioether (sulfide) groups is 3. The van der Waals surface area contributed by atoms with Gasteiger partial charge in [0, 0.05) is 95.1 Å².